The highest BCUT2D eigenvalue weighted by Gasteiger charge is 2.41. The monoisotopic (exact) mass is 420 g/mol. The van der Waals surface area contributed by atoms with Crippen LogP contribution in [0.4, 0.5) is 36.4 Å². The van der Waals surface area contributed by atoms with Gasteiger partial charge in [-0.1, -0.05) is 0 Å². The lowest BCUT2D eigenvalue weighted by atomic mass is 10.2. The zero-order valence-corrected chi connectivity index (χ0v) is 14.4. The Morgan fingerprint density at radius 1 is 1.04 bits per heavy atom. The molecule has 0 heterocycles. The highest BCUT2D eigenvalue weighted by atomic mass is 32.1. The van der Waals surface area contributed by atoms with Crippen molar-refractivity contribution >= 4 is 23.0 Å². The summed E-state index contributed by atoms with van der Waals surface area (Å²) >= 11 is 5.02. The van der Waals surface area contributed by atoms with Gasteiger partial charge in [0.2, 0.25) is 0 Å². The maximum absolute atomic E-state index is 13.0. The lowest BCUT2D eigenvalue weighted by molar-refractivity contribution is -0.153. The third-order valence-electron chi connectivity index (χ3n) is 3.20. The van der Waals surface area contributed by atoms with Gasteiger partial charge >= 0.3 is 18.5 Å². The second kappa shape index (κ2) is 8.36. The smallest absolute Gasteiger partial charge is 0.422 e. The van der Waals surface area contributed by atoms with E-state index < -0.39 is 31.7 Å². The number of hydrogen-bond donors (Lipinski definition) is 2. The lowest BCUT2D eigenvalue weighted by Gasteiger charge is -2.18. The normalized spacial score (nSPS) is 14.8. The van der Waals surface area contributed by atoms with Gasteiger partial charge in [-0.3, -0.25) is 0 Å². The molecule has 0 radical (unpaired) electrons. The van der Waals surface area contributed by atoms with Gasteiger partial charge in [-0.2, -0.15) is 22.0 Å². The van der Waals surface area contributed by atoms with E-state index in [4.69, 9.17) is 12.2 Å². The summed E-state index contributed by atoms with van der Waals surface area (Å²) in [6.45, 7) is -3.29. The van der Waals surface area contributed by atoms with Crippen LogP contribution in [-0.2, 0) is 0 Å². The van der Waals surface area contributed by atoms with Gasteiger partial charge in [0.05, 0.1) is 0 Å². The molecule has 12 heteroatoms. The van der Waals surface area contributed by atoms with E-state index >= 15 is 0 Å². The fourth-order valence-electron chi connectivity index (χ4n) is 1.80. The average Bonchev–Trinajstić information content (AvgIpc) is 3.34. The average molecular weight is 420 g/mol. The minimum Gasteiger partial charge on any atom is -0.487 e. The van der Waals surface area contributed by atoms with Gasteiger partial charge in [0.25, 0.3) is 0 Å². The number of rotatable bonds is 8. The zero-order valence-electron chi connectivity index (χ0n) is 13.6. The molecule has 1 saturated carbocycles. The Labute approximate surface area is 155 Å². The SMILES string of the molecule is FC(F)C(F)(F)COc1cc(NC(=S)NC2CC2)cc(OCC(F)(F)F)c1. The molecule has 1 aromatic carbocycles. The van der Waals surface area contributed by atoms with Crippen molar-refractivity contribution in [2.45, 2.75) is 37.4 Å². The van der Waals surface area contributed by atoms with Crippen LogP contribution in [0.5, 0.6) is 11.5 Å². The van der Waals surface area contributed by atoms with Gasteiger partial charge in [-0.05, 0) is 25.1 Å². The molecule has 0 saturated heterocycles. The first-order valence-electron chi connectivity index (χ1n) is 7.65. The summed E-state index contributed by atoms with van der Waals surface area (Å²) in [6, 6.07) is 3.35. The van der Waals surface area contributed by atoms with Crippen LogP contribution >= 0.6 is 12.2 Å². The van der Waals surface area contributed by atoms with E-state index in [1.54, 1.807) is 0 Å². The number of halogens is 7. The van der Waals surface area contributed by atoms with Crippen molar-refractivity contribution < 1.29 is 40.2 Å². The van der Waals surface area contributed by atoms with E-state index in [-0.39, 0.29) is 28.3 Å². The second-order valence-electron chi connectivity index (χ2n) is 5.82. The summed E-state index contributed by atoms with van der Waals surface area (Å²) in [6.07, 6.45) is -6.76. The van der Waals surface area contributed by atoms with E-state index in [0.29, 0.717) is 0 Å². The highest BCUT2D eigenvalue weighted by molar-refractivity contribution is 7.80. The van der Waals surface area contributed by atoms with Crippen LogP contribution < -0.4 is 20.1 Å². The molecule has 0 unspecified atom stereocenters. The van der Waals surface area contributed by atoms with Gasteiger partial charge in [-0.15, -0.1) is 0 Å². The summed E-state index contributed by atoms with van der Waals surface area (Å²) in [5, 5.41) is 5.72. The third kappa shape index (κ3) is 7.65. The highest BCUT2D eigenvalue weighted by Crippen LogP contribution is 2.30. The minimum atomic E-state index is -4.63. The molecule has 2 rings (SSSR count). The molecule has 1 aliphatic rings. The molecule has 4 nitrogen and oxygen atoms in total. The Kier molecular flexibility index (Phi) is 6.60. The Bertz CT molecular complexity index is 666. The number of anilines is 1. The summed E-state index contributed by atoms with van der Waals surface area (Å²) in [5.74, 6) is -5.16. The predicted octanol–water partition coefficient (Wildman–Crippen LogP) is 4.36. The maximum Gasteiger partial charge on any atom is 0.422 e. The molecule has 27 heavy (non-hydrogen) atoms. The fraction of sp³-hybridized carbons (Fsp3) is 0.533. The van der Waals surface area contributed by atoms with E-state index in [2.05, 4.69) is 20.1 Å². The van der Waals surface area contributed by atoms with Crippen LogP contribution in [0.1, 0.15) is 12.8 Å². The summed E-state index contributed by atoms with van der Waals surface area (Å²) in [7, 11) is 0. The molecule has 0 atom stereocenters. The number of alkyl halides is 7. The van der Waals surface area contributed by atoms with Gasteiger partial charge in [-0.25, -0.2) is 8.78 Å². The first-order valence-corrected chi connectivity index (χ1v) is 8.06. The molecule has 1 aromatic rings. The van der Waals surface area contributed by atoms with Gasteiger partial charge < -0.3 is 20.1 Å². The number of nitrogens with one attached hydrogen (secondary N) is 2. The van der Waals surface area contributed by atoms with Gasteiger partial charge in [0.1, 0.15) is 11.5 Å². The van der Waals surface area contributed by atoms with Crippen LogP contribution in [0.2, 0.25) is 0 Å². The molecule has 0 amide bonds. The minimum absolute atomic E-state index is 0.0863. The quantitative estimate of drug-likeness (QED) is 0.484. The van der Waals surface area contributed by atoms with E-state index in [1.165, 1.54) is 0 Å². The molecule has 0 bridgehead atoms. The molecular formula is C15H15F7N2O2S. The summed E-state index contributed by atoms with van der Waals surface area (Å²) in [5.41, 5.74) is 0.0863. The lowest BCUT2D eigenvalue weighted by Crippen LogP contribution is -2.33. The van der Waals surface area contributed by atoms with Crippen LogP contribution in [-0.4, -0.2) is 42.9 Å². The van der Waals surface area contributed by atoms with E-state index in [0.717, 1.165) is 31.0 Å². The van der Waals surface area contributed by atoms with Crippen LogP contribution in [0.15, 0.2) is 18.2 Å². The van der Waals surface area contributed by atoms with Crippen molar-refractivity contribution in [2.75, 3.05) is 18.5 Å². The Morgan fingerprint density at radius 2 is 1.59 bits per heavy atom. The van der Waals surface area contributed by atoms with Crippen molar-refractivity contribution in [3.05, 3.63) is 18.2 Å². The first kappa shape index (κ1) is 21.3. The van der Waals surface area contributed by atoms with Crippen molar-refractivity contribution in [2.24, 2.45) is 0 Å². The zero-order chi connectivity index (χ0) is 20.2. The van der Waals surface area contributed by atoms with E-state index in [1.807, 2.05) is 0 Å². The van der Waals surface area contributed by atoms with Crippen molar-refractivity contribution in [3.8, 4) is 11.5 Å². The second-order valence-corrected chi connectivity index (χ2v) is 6.23. The fourth-order valence-corrected chi connectivity index (χ4v) is 2.08. The molecule has 152 valence electrons. The number of benzene rings is 1. The number of ether oxygens (including phenoxy) is 2. The molecule has 0 aromatic heterocycles. The van der Waals surface area contributed by atoms with Crippen molar-refractivity contribution in [1.82, 2.24) is 5.32 Å². The third-order valence-corrected chi connectivity index (χ3v) is 3.42. The van der Waals surface area contributed by atoms with Gasteiger partial charge in [0, 0.05) is 29.9 Å². The van der Waals surface area contributed by atoms with Crippen molar-refractivity contribution in [1.29, 1.82) is 0 Å². The molecular weight excluding hydrogens is 405 g/mol. The number of thiocarbonyl (C=S) groups is 1. The van der Waals surface area contributed by atoms with Crippen LogP contribution in [0, 0.1) is 0 Å². The van der Waals surface area contributed by atoms with Crippen LogP contribution in [0.25, 0.3) is 0 Å². The maximum atomic E-state index is 13.0. The van der Waals surface area contributed by atoms with E-state index in [9.17, 15) is 30.7 Å². The number of hydrogen-bond acceptors (Lipinski definition) is 3. The Balaban J connectivity index is 2.11. The summed E-state index contributed by atoms with van der Waals surface area (Å²) < 4.78 is 96.5. The molecule has 1 aliphatic carbocycles. The molecule has 2 N–H and O–H groups in total. The topological polar surface area (TPSA) is 42.5 Å². The van der Waals surface area contributed by atoms with Gasteiger partial charge in [0.15, 0.2) is 18.3 Å². The van der Waals surface area contributed by atoms with Crippen molar-refractivity contribution in [3.63, 3.8) is 0 Å². The Hall–Kier alpha value is -1.98. The standard InChI is InChI=1S/C15H15F7N2O2S/c16-12(17)14(18,19)6-25-10-3-9(24-13(27)23-8-1-2-8)4-11(5-10)26-7-15(20,21)22/h3-5,8,12H,1-2,6-7H2,(H2,23,24,27). The molecule has 1 fully saturated rings. The molecule has 0 aliphatic heterocycles. The molecule has 0 spiro atoms. The Morgan fingerprint density at radius 3 is 2.07 bits per heavy atom. The largest absolute Gasteiger partial charge is 0.487 e. The first-order chi connectivity index (χ1) is 12.4. The van der Waals surface area contributed by atoms with Crippen LogP contribution in [0.3, 0.4) is 0 Å². The summed E-state index contributed by atoms with van der Waals surface area (Å²) in [4.78, 5) is 0. The predicted molar refractivity (Wildman–Crippen MR) is 86.8 cm³/mol.